The van der Waals surface area contributed by atoms with E-state index < -0.39 is 0 Å². The molecule has 1 atom stereocenters. The van der Waals surface area contributed by atoms with Gasteiger partial charge >= 0.3 is 0 Å². The first kappa shape index (κ1) is 14.4. The van der Waals surface area contributed by atoms with E-state index in [1.807, 2.05) is 0 Å². The summed E-state index contributed by atoms with van der Waals surface area (Å²) in [5, 5.41) is 3.69. The molecule has 1 aromatic carbocycles. The Labute approximate surface area is 118 Å². The molecule has 106 valence electrons. The average molecular weight is 259 g/mol. The molecule has 0 saturated heterocycles. The third-order valence-corrected chi connectivity index (χ3v) is 4.50. The van der Waals surface area contributed by atoms with Crippen LogP contribution in [0.4, 0.5) is 5.69 Å². The lowest BCUT2D eigenvalue weighted by molar-refractivity contribution is 0.328. The maximum absolute atomic E-state index is 3.69. The van der Waals surface area contributed by atoms with Crippen LogP contribution in [0, 0.1) is 5.92 Å². The Morgan fingerprint density at radius 3 is 2.11 bits per heavy atom. The van der Waals surface area contributed by atoms with E-state index in [2.05, 4.69) is 57.3 Å². The molecule has 1 aliphatic carbocycles. The maximum atomic E-state index is 3.69. The Bertz CT molecular complexity index is 379. The van der Waals surface area contributed by atoms with Crippen molar-refractivity contribution in [2.75, 3.05) is 5.32 Å². The van der Waals surface area contributed by atoms with Crippen LogP contribution in [0.2, 0.25) is 0 Å². The van der Waals surface area contributed by atoms with Gasteiger partial charge in [0.15, 0.2) is 0 Å². The van der Waals surface area contributed by atoms with E-state index in [4.69, 9.17) is 0 Å². The molecular formula is C18H29N. The van der Waals surface area contributed by atoms with Crippen molar-refractivity contribution in [1.82, 2.24) is 0 Å². The van der Waals surface area contributed by atoms with Gasteiger partial charge in [0.2, 0.25) is 0 Å². The fraction of sp³-hybridized carbons (Fsp3) is 0.667. The lowest BCUT2D eigenvalue weighted by Gasteiger charge is -2.29. The summed E-state index contributed by atoms with van der Waals surface area (Å²) in [5.74, 6) is 0.857. The van der Waals surface area contributed by atoms with Gasteiger partial charge in [-0.3, -0.25) is 0 Å². The van der Waals surface area contributed by atoms with E-state index in [1.165, 1.54) is 43.4 Å². The van der Waals surface area contributed by atoms with Crippen molar-refractivity contribution in [2.45, 2.75) is 71.3 Å². The number of hydrogen-bond donors (Lipinski definition) is 1. The third kappa shape index (κ3) is 3.99. The van der Waals surface area contributed by atoms with Crippen LogP contribution in [0.25, 0.3) is 0 Å². The Hall–Kier alpha value is -0.980. The van der Waals surface area contributed by atoms with Gasteiger partial charge in [-0.1, -0.05) is 52.2 Å². The summed E-state index contributed by atoms with van der Waals surface area (Å²) in [6, 6.07) is 9.59. The summed E-state index contributed by atoms with van der Waals surface area (Å²) in [6.45, 7) is 9.13. The first-order chi connectivity index (χ1) is 8.97. The zero-order chi connectivity index (χ0) is 13.9. The Kier molecular flexibility index (Phi) is 4.54. The molecule has 1 aliphatic rings. The van der Waals surface area contributed by atoms with Gasteiger partial charge in [0, 0.05) is 11.7 Å². The van der Waals surface area contributed by atoms with Crippen LogP contribution >= 0.6 is 0 Å². The number of nitrogens with one attached hydrogen (secondary N) is 1. The molecule has 0 aliphatic heterocycles. The fourth-order valence-electron chi connectivity index (χ4n) is 3.08. The van der Waals surface area contributed by atoms with Crippen LogP contribution in [-0.4, -0.2) is 6.04 Å². The average Bonchev–Trinajstić information content (AvgIpc) is 2.39. The summed E-state index contributed by atoms with van der Waals surface area (Å²) in [5.41, 5.74) is 2.92. The van der Waals surface area contributed by atoms with Gasteiger partial charge in [-0.25, -0.2) is 0 Å². The van der Waals surface area contributed by atoms with Gasteiger partial charge in [-0.15, -0.1) is 0 Å². The number of rotatable bonds is 3. The minimum atomic E-state index is 0.244. The van der Waals surface area contributed by atoms with E-state index in [9.17, 15) is 0 Å². The normalized spacial score (nSPS) is 19.2. The molecule has 19 heavy (non-hydrogen) atoms. The second-order valence-electron chi connectivity index (χ2n) is 7.16. The minimum Gasteiger partial charge on any atom is -0.382 e. The van der Waals surface area contributed by atoms with Crippen molar-refractivity contribution < 1.29 is 0 Å². The van der Waals surface area contributed by atoms with Crippen molar-refractivity contribution in [1.29, 1.82) is 0 Å². The van der Waals surface area contributed by atoms with Crippen molar-refractivity contribution in [3.63, 3.8) is 0 Å². The molecule has 1 N–H and O–H groups in total. The zero-order valence-corrected chi connectivity index (χ0v) is 13.0. The highest BCUT2D eigenvalue weighted by atomic mass is 14.9. The molecule has 0 heterocycles. The molecular weight excluding hydrogens is 230 g/mol. The summed E-state index contributed by atoms with van der Waals surface area (Å²) >= 11 is 0. The van der Waals surface area contributed by atoms with E-state index in [0.29, 0.717) is 6.04 Å². The Morgan fingerprint density at radius 2 is 1.58 bits per heavy atom. The molecule has 1 fully saturated rings. The van der Waals surface area contributed by atoms with Crippen molar-refractivity contribution in [3.8, 4) is 0 Å². The summed E-state index contributed by atoms with van der Waals surface area (Å²) < 4.78 is 0. The Balaban J connectivity index is 1.95. The smallest absolute Gasteiger partial charge is 0.0342 e. The lowest BCUT2D eigenvalue weighted by Crippen LogP contribution is -2.27. The SMILES string of the molecule is CC(Nc1ccc(C(C)(C)C)cc1)C1CCCCC1. The molecule has 1 aromatic rings. The number of anilines is 1. The quantitative estimate of drug-likeness (QED) is 0.770. The highest BCUT2D eigenvalue weighted by molar-refractivity contribution is 5.46. The van der Waals surface area contributed by atoms with Crippen LogP contribution in [0.3, 0.4) is 0 Å². The van der Waals surface area contributed by atoms with Gasteiger partial charge in [0.05, 0.1) is 0 Å². The van der Waals surface area contributed by atoms with E-state index in [-0.39, 0.29) is 5.41 Å². The van der Waals surface area contributed by atoms with E-state index in [1.54, 1.807) is 0 Å². The standard InChI is InChI=1S/C18H29N/c1-14(15-8-6-5-7-9-15)19-17-12-10-16(11-13-17)18(2,3)4/h10-15,19H,5-9H2,1-4H3. The molecule has 0 amide bonds. The largest absolute Gasteiger partial charge is 0.382 e. The molecule has 0 bridgehead atoms. The first-order valence-corrected chi connectivity index (χ1v) is 7.84. The highest BCUT2D eigenvalue weighted by Crippen LogP contribution is 2.29. The van der Waals surface area contributed by atoms with Gasteiger partial charge in [0.25, 0.3) is 0 Å². The van der Waals surface area contributed by atoms with Crippen molar-refractivity contribution in [3.05, 3.63) is 29.8 Å². The van der Waals surface area contributed by atoms with Gasteiger partial charge in [-0.2, -0.15) is 0 Å². The van der Waals surface area contributed by atoms with E-state index in [0.717, 1.165) is 5.92 Å². The van der Waals surface area contributed by atoms with Crippen LogP contribution in [0.15, 0.2) is 24.3 Å². The van der Waals surface area contributed by atoms with Crippen LogP contribution in [0.1, 0.15) is 65.4 Å². The third-order valence-electron chi connectivity index (χ3n) is 4.50. The summed E-state index contributed by atoms with van der Waals surface area (Å²) in [7, 11) is 0. The second-order valence-corrected chi connectivity index (χ2v) is 7.16. The van der Waals surface area contributed by atoms with Crippen LogP contribution < -0.4 is 5.32 Å². The molecule has 0 radical (unpaired) electrons. The maximum Gasteiger partial charge on any atom is 0.0342 e. The molecule has 1 heteroatoms. The van der Waals surface area contributed by atoms with Crippen molar-refractivity contribution in [2.24, 2.45) is 5.92 Å². The number of benzene rings is 1. The van der Waals surface area contributed by atoms with Gasteiger partial charge in [0.1, 0.15) is 0 Å². The first-order valence-electron chi connectivity index (χ1n) is 7.84. The molecule has 0 aromatic heterocycles. The van der Waals surface area contributed by atoms with Gasteiger partial charge in [-0.05, 0) is 48.8 Å². The van der Waals surface area contributed by atoms with Crippen molar-refractivity contribution >= 4 is 5.69 Å². The molecule has 1 unspecified atom stereocenters. The Morgan fingerprint density at radius 1 is 1.00 bits per heavy atom. The monoisotopic (exact) mass is 259 g/mol. The lowest BCUT2D eigenvalue weighted by atomic mass is 9.84. The molecule has 1 nitrogen and oxygen atoms in total. The molecule has 1 saturated carbocycles. The summed E-state index contributed by atoms with van der Waals surface area (Å²) in [6.07, 6.45) is 7.06. The molecule has 2 rings (SSSR count). The summed E-state index contributed by atoms with van der Waals surface area (Å²) in [4.78, 5) is 0. The van der Waals surface area contributed by atoms with Crippen LogP contribution in [0.5, 0.6) is 0 Å². The predicted octanol–water partition coefficient (Wildman–Crippen LogP) is 5.36. The van der Waals surface area contributed by atoms with Crippen LogP contribution in [-0.2, 0) is 5.41 Å². The second kappa shape index (κ2) is 5.98. The van der Waals surface area contributed by atoms with Gasteiger partial charge < -0.3 is 5.32 Å². The zero-order valence-electron chi connectivity index (χ0n) is 13.0. The fourth-order valence-corrected chi connectivity index (χ4v) is 3.08. The number of hydrogen-bond acceptors (Lipinski definition) is 1. The topological polar surface area (TPSA) is 12.0 Å². The predicted molar refractivity (Wildman–Crippen MR) is 84.8 cm³/mol. The van der Waals surface area contributed by atoms with E-state index >= 15 is 0 Å². The molecule has 0 spiro atoms. The minimum absolute atomic E-state index is 0.244. The highest BCUT2D eigenvalue weighted by Gasteiger charge is 2.20.